The maximum absolute atomic E-state index is 12.1. The molecule has 2 heterocycles. The molecule has 0 unspecified atom stereocenters. The van der Waals surface area contributed by atoms with E-state index in [1.807, 2.05) is 29.5 Å². The smallest absolute Gasteiger partial charge is 0.406 e. The predicted octanol–water partition coefficient (Wildman–Crippen LogP) is 4.21. The van der Waals surface area contributed by atoms with Crippen molar-refractivity contribution in [2.24, 2.45) is 0 Å². The Labute approximate surface area is 118 Å². The van der Waals surface area contributed by atoms with Crippen molar-refractivity contribution in [3.05, 3.63) is 54.5 Å². The highest BCUT2D eigenvalue weighted by Crippen LogP contribution is 2.28. The molecule has 1 aromatic carbocycles. The van der Waals surface area contributed by atoms with E-state index in [1.54, 1.807) is 18.5 Å². The van der Waals surface area contributed by atoms with Gasteiger partial charge in [-0.3, -0.25) is 0 Å². The van der Waals surface area contributed by atoms with Gasteiger partial charge >= 0.3 is 6.36 Å². The number of hydrogen-bond acceptors (Lipinski definition) is 2. The number of halogens is 3. The number of rotatable bonds is 2. The van der Waals surface area contributed by atoms with Gasteiger partial charge in [-0.15, -0.1) is 13.2 Å². The van der Waals surface area contributed by atoms with Crippen LogP contribution in [-0.2, 0) is 0 Å². The fourth-order valence-electron chi connectivity index (χ4n) is 2.19. The average molecular weight is 292 g/mol. The first-order valence-corrected chi connectivity index (χ1v) is 6.23. The zero-order valence-corrected chi connectivity index (χ0v) is 11.1. The Morgan fingerprint density at radius 1 is 1.05 bits per heavy atom. The van der Waals surface area contributed by atoms with Gasteiger partial charge in [0.05, 0.1) is 11.2 Å². The van der Waals surface area contributed by atoms with E-state index in [9.17, 15) is 13.2 Å². The number of fused-ring (bicyclic) bond motifs is 1. The largest absolute Gasteiger partial charge is 0.573 e. The quantitative estimate of drug-likeness (QED) is 0.707. The van der Waals surface area contributed by atoms with Crippen LogP contribution in [0.4, 0.5) is 13.2 Å². The molecular weight excluding hydrogens is 281 g/mol. The van der Waals surface area contributed by atoms with Gasteiger partial charge in [0.1, 0.15) is 12.1 Å². The maximum atomic E-state index is 12.1. The van der Waals surface area contributed by atoms with Crippen LogP contribution >= 0.6 is 0 Å². The highest BCUT2D eigenvalue weighted by Gasteiger charge is 2.31. The van der Waals surface area contributed by atoms with Crippen LogP contribution in [0.5, 0.6) is 5.75 Å². The van der Waals surface area contributed by atoms with Crippen molar-refractivity contribution in [1.29, 1.82) is 0 Å². The Kier molecular flexibility index (Phi) is 3.08. The molecule has 0 N–H and O–H groups in total. The molecule has 3 nitrogen and oxygen atoms in total. The Morgan fingerprint density at radius 2 is 1.76 bits per heavy atom. The van der Waals surface area contributed by atoms with E-state index >= 15 is 0 Å². The van der Waals surface area contributed by atoms with E-state index in [0.717, 1.165) is 22.5 Å². The Morgan fingerprint density at radius 3 is 2.43 bits per heavy atom. The number of alkyl halides is 3. The Bertz CT molecular complexity index is 776. The number of ether oxygens (including phenoxy) is 1. The molecule has 0 saturated heterocycles. The van der Waals surface area contributed by atoms with Gasteiger partial charge in [-0.2, -0.15) is 0 Å². The van der Waals surface area contributed by atoms with Crippen molar-refractivity contribution < 1.29 is 17.9 Å². The minimum atomic E-state index is -4.68. The van der Waals surface area contributed by atoms with Gasteiger partial charge < -0.3 is 9.14 Å². The molecule has 0 amide bonds. The number of benzene rings is 1. The monoisotopic (exact) mass is 292 g/mol. The van der Waals surface area contributed by atoms with E-state index in [2.05, 4.69) is 9.72 Å². The van der Waals surface area contributed by atoms with Crippen LogP contribution in [0.15, 0.2) is 48.8 Å². The van der Waals surface area contributed by atoms with Crippen molar-refractivity contribution in [2.45, 2.75) is 13.3 Å². The second kappa shape index (κ2) is 4.80. The minimum Gasteiger partial charge on any atom is -0.406 e. The van der Waals surface area contributed by atoms with E-state index < -0.39 is 6.36 Å². The van der Waals surface area contributed by atoms with Gasteiger partial charge in [-0.1, -0.05) is 6.07 Å². The van der Waals surface area contributed by atoms with Gasteiger partial charge in [-0.05, 0) is 43.3 Å². The number of imidazole rings is 1. The lowest BCUT2D eigenvalue weighted by Crippen LogP contribution is -2.16. The lowest BCUT2D eigenvalue weighted by molar-refractivity contribution is -0.274. The summed E-state index contributed by atoms with van der Waals surface area (Å²) in [6.45, 7) is 1.96. The summed E-state index contributed by atoms with van der Waals surface area (Å²) in [5, 5.41) is 0. The number of aryl methyl sites for hydroxylation is 1. The van der Waals surface area contributed by atoms with Crippen LogP contribution in [0.25, 0.3) is 16.8 Å². The lowest BCUT2D eigenvalue weighted by atomic mass is 10.1. The fraction of sp³-hybridized carbons (Fsp3) is 0.133. The predicted molar refractivity (Wildman–Crippen MR) is 72.0 cm³/mol. The average Bonchev–Trinajstić information content (AvgIpc) is 2.83. The van der Waals surface area contributed by atoms with E-state index in [0.29, 0.717) is 0 Å². The summed E-state index contributed by atoms with van der Waals surface area (Å²) in [6.07, 6.45) is -2.99. The van der Waals surface area contributed by atoms with Crippen LogP contribution in [0.3, 0.4) is 0 Å². The normalized spacial score (nSPS) is 11.8. The van der Waals surface area contributed by atoms with Crippen molar-refractivity contribution in [2.75, 3.05) is 0 Å². The standard InChI is InChI=1S/C15H11F3N2O/c1-10-3-2-4-13-14(19-9-20(10)13)11-5-7-12(8-6-11)21-15(16,17)18/h2-9H,1H3. The molecule has 0 radical (unpaired) electrons. The number of aromatic nitrogens is 2. The third-order valence-corrected chi connectivity index (χ3v) is 3.14. The topological polar surface area (TPSA) is 26.5 Å². The molecule has 108 valence electrons. The number of hydrogen-bond donors (Lipinski definition) is 0. The fourth-order valence-corrected chi connectivity index (χ4v) is 2.19. The molecule has 3 aromatic rings. The summed E-state index contributed by atoms with van der Waals surface area (Å²) in [7, 11) is 0. The molecule has 0 bridgehead atoms. The van der Waals surface area contributed by atoms with Gasteiger partial charge in [0, 0.05) is 11.3 Å². The van der Waals surface area contributed by atoms with Crippen LogP contribution in [-0.4, -0.2) is 15.7 Å². The molecule has 6 heteroatoms. The van der Waals surface area contributed by atoms with Gasteiger partial charge in [0.15, 0.2) is 0 Å². The first-order valence-electron chi connectivity index (χ1n) is 6.23. The molecule has 0 saturated carbocycles. The summed E-state index contributed by atoms with van der Waals surface area (Å²) in [4.78, 5) is 4.33. The molecule has 3 rings (SSSR count). The molecule has 0 aliphatic rings. The van der Waals surface area contributed by atoms with Crippen molar-refractivity contribution in [1.82, 2.24) is 9.38 Å². The van der Waals surface area contributed by atoms with Crippen LogP contribution in [0.2, 0.25) is 0 Å². The minimum absolute atomic E-state index is 0.244. The first kappa shape index (κ1) is 13.5. The molecule has 0 spiro atoms. The molecular formula is C15H11F3N2O. The van der Waals surface area contributed by atoms with Crippen molar-refractivity contribution in [3.63, 3.8) is 0 Å². The summed E-state index contributed by atoms with van der Waals surface area (Å²) >= 11 is 0. The molecule has 0 fully saturated rings. The highest BCUT2D eigenvalue weighted by molar-refractivity contribution is 5.77. The van der Waals surface area contributed by atoms with Crippen molar-refractivity contribution >= 4 is 5.52 Å². The number of nitrogens with zero attached hydrogens (tertiary/aromatic N) is 2. The van der Waals surface area contributed by atoms with Crippen molar-refractivity contribution in [3.8, 4) is 17.0 Å². The lowest BCUT2D eigenvalue weighted by Gasteiger charge is -2.09. The zero-order chi connectivity index (χ0) is 15.0. The third-order valence-electron chi connectivity index (χ3n) is 3.14. The maximum Gasteiger partial charge on any atom is 0.573 e. The second-order valence-corrected chi connectivity index (χ2v) is 4.59. The SMILES string of the molecule is Cc1cccc2c(-c3ccc(OC(F)(F)F)cc3)ncn12. The Balaban J connectivity index is 1.98. The first-order chi connectivity index (χ1) is 9.94. The van der Waals surface area contributed by atoms with E-state index in [-0.39, 0.29) is 5.75 Å². The van der Waals surface area contributed by atoms with Gasteiger partial charge in [-0.25, -0.2) is 4.98 Å². The van der Waals surface area contributed by atoms with Crippen LogP contribution < -0.4 is 4.74 Å². The molecule has 0 aliphatic heterocycles. The Hall–Kier alpha value is -2.50. The molecule has 0 aliphatic carbocycles. The zero-order valence-electron chi connectivity index (χ0n) is 11.1. The summed E-state index contributed by atoms with van der Waals surface area (Å²) < 4.78 is 42.2. The van der Waals surface area contributed by atoms with Gasteiger partial charge in [0.25, 0.3) is 0 Å². The van der Waals surface area contributed by atoms with Crippen LogP contribution in [0, 0.1) is 6.92 Å². The molecule has 21 heavy (non-hydrogen) atoms. The third kappa shape index (κ3) is 2.69. The van der Waals surface area contributed by atoms with Crippen LogP contribution in [0.1, 0.15) is 5.69 Å². The molecule has 0 atom stereocenters. The second-order valence-electron chi connectivity index (χ2n) is 4.59. The van der Waals surface area contributed by atoms with E-state index in [4.69, 9.17) is 0 Å². The summed E-state index contributed by atoms with van der Waals surface area (Å²) in [5.41, 5.74) is 3.39. The van der Waals surface area contributed by atoms with Gasteiger partial charge in [0.2, 0.25) is 0 Å². The molecule has 2 aromatic heterocycles. The summed E-state index contributed by atoms with van der Waals surface area (Å²) in [6, 6.07) is 11.5. The number of pyridine rings is 1. The summed E-state index contributed by atoms with van der Waals surface area (Å²) in [5.74, 6) is -0.244. The van der Waals surface area contributed by atoms with E-state index in [1.165, 1.54) is 12.1 Å². The highest BCUT2D eigenvalue weighted by atomic mass is 19.4.